The second kappa shape index (κ2) is 6.41. The second-order valence-electron chi connectivity index (χ2n) is 7.55. The number of nitrogens with one attached hydrogen (secondary N) is 1. The van der Waals surface area contributed by atoms with Crippen molar-refractivity contribution >= 4 is 5.97 Å². The monoisotopic (exact) mass is 301 g/mol. The summed E-state index contributed by atoms with van der Waals surface area (Å²) in [5.41, 5.74) is 1.41. The number of benzene rings is 1. The molecule has 1 saturated carbocycles. The van der Waals surface area contributed by atoms with Gasteiger partial charge in [0, 0.05) is 13.1 Å². The van der Waals surface area contributed by atoms with Gasteiger partial charge in [0.05, 0.1) is 5.92 Å². The first-order valence-electron chi connectivity index (χ1n) is 8.48. The van der Waals surface area contributed by atoms with Crippen molar-refractivity contribution in [1.82, 2.24) is 5.32 Å². The molecule has 120 valence electrons. The number of ether oxygens (including phenoxy) is 1. The Hall–Kier alpha value is -1.35. The molecule has 1 N–H and O–H groups in total. The Balaban J connectivity index is 1.59. The Labute approximate surface area is 133 Å². The Bertz CT molecular complexity index is 515. The zero-order chi connectivity index (χ0) is 15.6. The fourth-order valence-corrected chi connectivity index (χ4v) is 4.40. The van der Waals surface area contributed by atoms with Crippen LogP contribution in [0.2, 0.25) is 0 Å². The van der Waals surface area contributed by atoms with Gasteiger partial charge in [-0.1, -0.05) is 44.2 Å². The average Bonchev–Trinajstić information content (AvgIpc) is 2.69. The van der Waals surface area contributed by atoms with Crippen LogP contribution < -0.4 is 5.32 Å². The molecule has 3 unspecified atom stereocenters. The number of fused-ring (bicyclic) bond motifs is 1. The summed E-state index contributed by atoms with van der Waals surface area (Å²) < 4.78 is 5.55. The van der Waals surface area contributed by atoms with E-state index < -0.39 is 0 Å². The summed E-state index contributed by atoms with van der Waals surface area (Å²) in [4.78, 5) is 12.4. The van der Waals surface area contributed by atoms with Crippen LogP contribution in [0.5, 0.6) is 0 Å². The van der Waals surface area contributed by atoms with E-state index in [-0.39, 0.29) is 11.9 Å². The fourth-order valence-electron chi connectivity index (χ4n) is 4.40. The number of carbonyl (C=O) groups is 1. The van der Waals surface area contributed by atoms with Crippen LogP contribution in [0.3, 0.4) is 0 Å². The van der Waals surface area contributed by atoms with Gasteiger partial charge in [-0.3, -0.25) is 4.79 Å². The molecule has 1 aliphatic heterocycles. The summed E-state index contributed by atoms with van der Waals surface area (Å²) in [6.45, 7) is 6.89. The van der Waals surface area contributed by atoms with Gasteiger partial charge in [-0.15, -0.1) is 0 Å². The first-order chi connectivity index (χ1) is 10.6. The van der Waals surface area contributed by atoms with Gasteiger partial charge >= 0.3 is 5.97 Å². The van der Waals surface area contributed by atoms with E-state index in [4.69, 9.17) is 4.74 Å². The number of esters is 1. The fraction of sp³-hybridized carbons (Fsp3) is 0.632. The molecule has 1 aliphatic carbocycles. The minimum absolute atomic E-state index is 0.000775. The summed E-state index contributed by atoms with van der Waals surface area (Å²) in [6, 6.07) is 9.91. The van der Waals surface area contributed by atoms with Crippen LogP contribution in [-0.4, -0.2) is 19.1 Å². The molecule has 1 aromatic carbocycles. The Morgan fingerprint density at radius 1 is 1.32 bits per heavy atom. The Kier molecular flexibility index (Phi) is 4.53. The molecule has 4 atom stereocenters. The van der Waals surface area contributed by atoms with E-state index in [2.05, 4.69) is 19.2 Å². The summed E-state index contributed by atoms with van der Waals surface area (Å²) >= 11 is 0. The molecule has 1 heterocycles. The molecule has 1 saturated heterocycles. The van der Waals surface area contributed by atoms with E-state index in [9.17, 15) is 4.79 Å². The third-order valence-electron chi connectivity index (χ3n) is 5.53. The molecule has 2 fully saturated rings. The molecule has 3 nitrogen and oxygen atoms in total. The molecule has 3 heteroatoms. The van der Waals surface area contributed by atoms with Crippen LogP contribution in [0.4, 0.5) is 0 Å². The lowest BCUT2D eigenvalue weighted by Crippen LogP contribution is -2.32. The normalized spacial score (nSPS) is 34.7. The lowest BCUT2D eigenvalue weighted by Gasteiger charge is -2.29. The van der Waals surface area contributed by atoms with Crippen LogP contribution in [0.1, 0.15) is 38.7 Å². The summed E-state index contributed by atoms with van der Waals surface area (Å²) in [5, 5.41) is 3.51. The molecule has 0 amide bonds. The van der Waals surface area contributed by atoms with Crippen molar-refractivity contribution in [2.24, 2.45) is 23.2 Å². The average molecular weight is 301 g/mol. The highest BCUT2D eigenvalue weighted by Crippen LogP contribution is 2.49. The van der Waals surface area contributed by atoms with Gasteiger partial charge < -0.3 is 10.1 Å². The van der Waals surface area contributed by atoms with Gasteiger partial charge in [0.2, 0.25) is 0 Å². The minimum atomic E-state index is -0.0415. The van der Waals surface area contributed by atoms with Gasteiger partial charge in [-0.2, -0.15) is 0 Å². The summed E-state index contributed by atoms with van der Waals surface area (Å²) in [6.07, 6.45) is 3.50. The molecule has 1 aromatic rings. The number of hydrogen-bond donors (Lipinski definition) is 1. The molecule has 2 aliphatic rings. The van der Waals surface area contributed by atoms with E-state index in [0.29, 0.717) is 17.9 Å². The first-order valence-corrected chi connectivity index (χ1v) is 8.48. The van der Waals surface area contributed by atoms with Crippen molar-refractivity contribution < 1.29 is 9.53 Å². The SMILES string of the molecule is CC1C[C@H]2CC(C(=O)OCc3ccccc3)CNCC2(C)C1. The molecule has 0 aromatic heterocycles. The minimum Gasteiger partial charge on any atom is -0.461 e. The topological polar surface area (TPSA) is 38.3 Å². The molecule has 0 bridgehead atoms. The van der Waals surface area contributed by atoms with Crippen molar-refractivity contribution in [2.45, 2.75) is 39.7 Å². The quantitative estimate of drug-likeness (QED) is 0.870. The largest absolute Gasteiger partial charge is 0.461 e. The van der Waals surface area contributed by atoms with E-state index in [1.165, 1.54) is 12.8 Å². The van der Waals surface area contributed by atoms with Crippen molar-refractivity contribution in [1.29, 1.82) is 0 Å². The van der Waals surface area contributed by atoms with Crippen LogP contribution in [0.25, 0.3) is 0 Å². The third kappa shape index (κ3) is 3.35. The molecule has 22 heavy (non-hydrogen) atoms. The third-order valence-corrected chi connectivity index (χ3v) is 5.53. The molecule has 0 radical (unpaired) electrons. The predicted molar refractivity (Wildman–Crippen MR) is 87.2 cm³/mol. The van der Waals surface area contributed by atoms with Crippen molar-refractivity contribution in [3.05, 3.63) is 35.9 Å². The van der Waals surface area contributed by atoms with Crippen molar-refractivity contribution in [3.8, 4) is 0 Å². The standard InChI is InChI=1S/C19H27NO2/c1-14-8-17-9-16(11-20-13-19(17,2)10-14)18(21)22-12-15-6-4-3-5-7-15/h3-7,14,16-17,20H,8-13H2,1-2H3/t14?,16?,17-,19?/m0/s1. The lowest BCUT2D eigenvalue weighted by molar-refractivity contribution is -0.150. The maximum absolute atomic E-state index is 12.4. The summed E-state index contributed by atoms with van der Waals surface area (Å²) in [7, 11) is 0. The van der Waals surface area contributed by atoms with Crippen LogP contribution in [0.15, 0.2) is 30.3 Å². The van der Waals surface area contributed by atoms with Crippen LogP contribution >= 0.6 is 0 Å². The van der Waals surface area contributed by atoms with E-state index in [1.54, 1.807) is 0 Å². The van der Waals surface area contributed by atoms with E-state index >= 15 is 0 Å². The zero-order valence-corrected chi connectivity index (χ0v) is 13.7. The van der Waals surface area contributed by atoms with E-state index in [1.807, 2.05) is 30.3 Å². The van der Waals surface area contributed by atoms with Crippen LogP contribution in [0, 0.1) is 23.2 Å². The Morgan fingerprint density at radius 3 is 2.86 bits per heavy atom. The van der Waals surface area contributed by atoms with Crippen molar-refractivity contribution in [3.63, 3.8) is 0 Å². The highest BCUT2D eigenvalue weighted by atomic mass is 16.5. The smallest absolute Gasteiger partial charge is 0.310 e. The van der Waals surface area contributed by atoms with Gasteiger partial charge in [0.25, 0.3) is 0 Å². The Morgan fingerprint density at radius 2 is 2.09 bits per heavy atom. The predicted octanol–water partition coefficient (Wildman–Crippen LogP) is 3.39. The lowest BCUT2D eigenvalue weighted by atomic mass is 9.77. The zero-order valence-electron chi connectivity index (χ0n) is 13.7. The maximum Gasteiger partial charge on any atom is 0.310 e. The van der Waals surface area contributed by atoms with Crippen LogP contribution in [-0.2, 0) is 16.1 Å². The number of rotatable bonds is 3. The molecule has 3 rings (SSSR count). The summed E-state index contributed by atoms with van der Waals surface area (Å²) in [5.74, 6) is 1.38. The maximum atomic E-state index is 12.4. The van der Waals surface area contributed by atoms with Gasteiger partial charge in [-0.05, 0) is 42.1 Å². The first kappa shape index (κ1) is 15.5. The van der Waals surface area contributed by atoms with E-state index in [0.717, 1.165) is 31.0 Å². The number of carbonyl (C=O) groups excluding carboxylic acids is 1. The van der Waals surface area contributed by atoms with Gasteiger partial charge in [0.15, 0.2) is 0 Å². The highest BCUT2D eigenvalue weighted by molar-refractivity contribution is 5.72. The van der Waals surface area contributed by atoms with Gasteiger partial charge in [-0.25, -0.2) is 0 Å². The molecular formula is C19H27NO2. The van der Waals surface area contributed by atoms with Crippen molar-refractivity contribution in [2.75, 3.05) is 13.1 Å². The molecular weight excluding hydrogens is 274 g/mol. The second-order valence-corrected chi connectivity index (χ2v) is 7.55. The molecule has 0 spiro atoms. The number of hydrogen-bond acceptors (Lipinski definition) is 3. The highest BCUT2D eigenvalue weighted by Gasteiger charge is 2.45. The van der Waals surface area contributed by atoms with Gasteiger partial charge in [0.1, 0.15) is 6.61 Å².